The van der Waals surface area contributed by atoms with Gasteiger partial charge in [0.1, 0.15) is 6.54 Å². The molecule has 0 radical (unpaired) electrons. The molecule has 3 heteroatoms. The van der Waals surface area contributed by atoms with Crippen LogP contribution < -0.4 is 0 Å². The van der Waals surface area contributed by atoms with Crippen LogP contribution in [0.15, 0.2) is 11.1 Å². The molecule has 0 unspecified atom stereocenters. The Morgan fingerprint density at radius 1 is 1.62 bits per heavy atom. The third kappa shape index (κ3) is 1.89. The minimum absolute atomic E-state index is 0.0321. The number of nitriles is 1. The Morgan fingerprint density at radius 3 is 2.85 bits per heavy atom. The van der Waals surface area contributed by atoms with Crippen molar-refractivity contribution >= 4 is 5.91 Å². The third-order valence-electron chi connectivity index (χ3n) is 2.51. The standard InChI is InChI=1S/C10H14N2O/c1-3-9-4-6-12(7-5-11)10(13)8(9)2/h3-4,6-7H2,1-2H3. The number of carbonyl (C=O) groups is 1. The first-order valence-electron chi connectivity index (χ1n) is 4.55. The van der Waals surface area contributed by atoms with Gasteiger partial charge in [0.15, 0.2) is 0 Å². The number of hydrogen-bond acceptors (Lipinski definition) is 2. The van der Waals surface area contributed by atoms with Gasteiger partial charge in [-0.25, -0.2) is 0 Å². The molecule has 0 N–H and O–H groups in total. The van der Waals surface area contributed by atoms with Gasteiger partial charge in [0.25, 0.3) is 0 Å². The van der Waals surface area contributed by atoms with Gasteiger partial charge in [-0.3, -0.25) is 4.79 Å². The molecule has 0 aromatic carbocycles. The lowest BCUT2D eigenvalue weighted by Crippen LogP contribution is -2.36. The van der Waals surface area contributed by atoms with Crippen molar-refractivity contribution in [1.29, 1.82) is 5.26 Å². The van der Waals surface area contributed by atoms with E-state index in [1.54, 1.807) is 4.90 Å². The number of carbonyl (C=O) groups excluding carboxylic acids is 1. The van der Waals surface area contributed by atoms with E-state index in [1.807, 2.05) is 13.0 Å². The summed E-state index contributed by atoms with van der Waals surface area (Å²) in [6.45, 7) is 4.83. The zero-order valence-corrected chi connectivity index (χ0v) is 8.13. The van der Waals surface area contributed by atoms with Gasteiger partial charge in [0.2, 0.25) is 5.91 Å². The van der Waals surface area contributed by atoms with Gasteiger partial charge in [0, 0.05) is 12.1 Å². The molecule has 0 saturated heterocycles. The molecule has 0 aliphatic carbocycles. The minimum atomic E-state index is 0.0321. The summed E-state index contributed by atoms with van der Waals surface area (Å²) in [4.78, 5) is 13.2. The highest BCUT2D eigenvalue weighted by Crippen LogP contribution is 2.20. The first-order valence-corrected chi connectivity index (χ1v) is 4.55. The largest absolute Gasteiger partial charge is 0.325 e. The van der Waals surface area contributed by atoms with Gasteiger partial charge < -0.3 is 4.90 Å². The summed E-state index contributed by atoms with van der Waals surface area (Å²) in [6.07, 6.45) is 1.87. The molecule has 1 aliphatic rings. The molecule has 1 aliphatic heterocycles. The summed E-state index contributed by atoms with van der Waals surface area (Å²) in [5, 5.41) is 8.49. The molecule has 1 rings (SSSR count). The Balaban J connectivity index is 2.80. The van der Waals surface area contributed by atoms with Crippen LogP contribution in [0.5, 0.6) is 0 Å². The Bertz CT molecular complexity index is 286. The highest BCUT2D eigenvalue weighted by atomic mass is 16.2. The van der Waals surface area contributed by atoms with Gasteiger partial charge in [-0.2, -0.15) is 5.26 Å². The molecule has 0 aromatic heterocycles. The van der Waals surface area contributed by atoms with E-state index >= 15 is 0 Å². The van der Waals surface area contributed by atoms with Crippen molar-refractivity contribution in [1.82, 2.24) is 4.90 Å². The molecule has 3 nitrogen and oxygen atoms in total. The molecule has 1 heterocycles. The maximum absolute atomic E-state index is 11.6. The fraction of sp³-hybridized carbons (Fsp3) is 0.600. The van der Waals surface area contributed by atoms with Crippen LogP contribution in [0.4, 0.5) is 0 Å². The summed E-state index contributed by atoms with van der Waals surface area (Å²) in [7, 11) is 0. The zero-order chi connectivity index (χ0) is 9.84. The maximum atomic E-state index is 11.6. The molecule has 1 amide bonds. The lowest BCUT2D eigenvalue weighted by Gasteiger charge is -2.26. The van der Waals surface area contributed by atoms with E-state index in [9.17, 15) is 4.79 Å². The van der Waals surface area contributed by atoms with Crippen LogP contribution in [0.25, 0.3) is 0 Å². The molecule has 13 heavy (non-hydrogen) atoms. The first-order chi connectivity index (χ1) is 6.20. The minimum Gasteiger partial charge on any atom is -0.325 e. The average Bonchev–Trinajstić information content (AvgIpc) is 2.14. The maximum Gasteiger partial charge on any atom is 0.250 e. The van der Waals surface area contributed by atoms with E-state index < -0.39 is 0 Å². The van der Waals surface area contributed by atoms with E-state index in [1.165, 1.54) is 5.57 Å². The van der Waals surface area contributed by atoms with Crippen LogP contribution in [0.2, 0.25) is 0 Å². The molecular weight excluding hydrogens is 164 g/mol. The summed E-state index contributed by atoms with van der Waals surface area (Å²) in [5.74, 6) is 0.0321. The molecule has 0 aromatic rings. The summed E-state index contributed by atoms with van der Waals surface area (Å²) >= 11 is 0. The second kappa shape index (κ2) is 4.08. The zero-order valence-electron chi connectivity index (χ0n) is 8.13. The van der Waals surface area contributed by atoms with Crippen molar-refractivity contribution in [3.8, 4) is 6.07 Å². The quantitative estimate of drug-likeness (QED) is 0.601. The second-order valence-electron chi connectivity index (χ2n) is 3.22. The fourth-order valence-electron chi connectivity index (χ4n) is 1.63. The van der Waals surface area contributed by atoms with Crippen LogP contribution >= 0.6 is 0 Å². The predicted octanol–water partition coefficient (Wildman–Crippen LogP) is 1.47. The van der Waals surface area contributed by atoms with Crippen molar-refractivity contribution in [3.63, 3.8) is 0 Å². The monoisotopic (exact) mass is 178 g/mol. The van der Waals surface area contributed by atoms with Crippen molar-refractivity contribution < 1.29 is 4.79 Å². The van der Waals surface area contributed by atoms with Gasteiger partial charge in [0.05, 0.1) is 6.07 Å². The predicted molar refractivity (Wildman–Crippen MR) is 49.8 cm³/mol. The van der Waals surface area contributed by atoms with Crippen molar-refractivity contribution in [3.05, 3.63) is 11.1 Å². The lowest BCUT2D eigenvalue weighted by atomic mass is 9.98. The Labute approximate surface area is 78.6 Å². The van der Waals surface area contributed by atoms with Gasteiger partial charge in [-0.05, 0) is 19.8 Å². The topological polar surface area (TPSA) is 44.1 Å². The van der Waals surface area contributed by atoms with E-state index in [0.29, 0.717) is 6.54 Å². The van der Waals surface area contributed by atoms with E-state index in [2.05, 4.69) is 6.92 Å². The Hall–Kier alpha value is -1.30. The van der Waals surface area contributed by atoms with Gasteiger partial charge in [-0.15, -0.1) is 0 Å². The molecule has 0 saturated carbocycles. The molecule has 0 atom stereocenters. The van der Waals surface area contributed by atoms with Crippen molar-refractivity contribution in [2.24, 2.45) is 0 Å². The Morgan fingerprint density at radius 2 is 2.31 bits per heavy atom. The summed E-state index contributed by atoms with van der Waals surface area (Å²) in [6, 6.07) is 2.00. The smallest absolute Gasteiger partial charge is 0.250 e. The fourth-order valence-corrected chi connectivity index (χ4v) is 1.63. The molecule has 0 bridgehead atoms. The number of hydrogen-bond donors (Lipinski definition) is 0. The third-order valence-corrected chi connectivity index (χ3v) is 2.51. The van der Waals surface area contributed by atoms with Gasteiger partial charge in [-0.1, -0.05) is 12.5 Å². The van der Waals surface area contributed by atoms with E-state index in [-0.39, 0.29) is 12.5 Å². The second-order valence-corrected chi connectivity index (χ2v) is 3.22. The normalized spacial score (nSPS) is 17.6. The molecule has 70 valence electrons. The van der Waals surface area contributed by atoms with Gasteiger partial charge >= 0.3 is 0 Å². The van der Waals surface area contributed by atoms with Crippen LogP contribution in [-0.2, 0) is 4.79 Å². The Kier molecular flexibility index (Phi) is 3.07. The van der Waals surface area contributed by atoms with Crippen LogP contribution in [0.3, 0.4) is 0 Å². The van der Waals surface area contributed by atoms with Crippen LogP contribution in [0.1, 0.15) is 26.7 Å². The average molecular weight is 178 g/mol. The number of nitrogens with zero attached hydrogens (tertiary/aromatic N) is 2. The van der Waals surface area contributed by atoms with E-state index in [4.69, 9.17) is 5.26 Å². The molecule has 0 fully saturated rings. The van der Waals surface area contributed by atoms with Crippen molar-refractivity contribution in [2.45, 2.75) is 26.7 Å². The SMILES string of the molecule is CCC1=C(C)C(=O)N(CC#N)CC1. The number of amides is 1. The van der Waals surface area contributed by atoms with Crippen molar-refractivity contribution in [2.75, 3.05) is 13.1 Å². The summed E-state index contributed by atoms with van der Waals surface area (Å²) in [5.41, 5.74) is 2.07. The van der Waals surface area contributed by atoms with Crippen LogP contribution in [0, 0.1) is 11.3 Å². The lowest BCUT2D eigenvalue weighted by molar-refractivity contribution is -0.127. The molecular formula is C10H14N2O. The highest BCUT2D eigenvalue weighted by molar-refractivity contribution is 5.94. The summed E-state index contributed by atoms with van der Waals surface area (Å²) < 4.78 is 0. The first kappa shape index (κ1) is 9.79. The van der Waals surface area contributed by atoms with E-state index in [0.717, 1.165) is 18.4 Å². The number of rotatable bonds is 2. The van der Waals surface area contributed by atoms with Crippen LogP contribution in [-0.4, -0.2) is 23.9 Å². The highest BCUT2D eigenvalue weighted by Gasteiger charge is 2.22. The molecule has 0 spiro atoms.